The minimum absolute atomic E-state index is 0.0358. The van der Waals surface area contributed by atoms with Crippen LogP contribution in [0.5, 0.6) is 11.5 Å². The molecule has 6 heteroatoms. The Morgan fingerprint density at radius 1 is 1.30 bits per heavy atom. The molecule has 0 saturated carbocycles. The first kappa shape index (κ1) is 13.5. The van der Waals surface area contributed by atoms with Gasteiger partial charge in [-0.2, -0.15) is 0 Å². The molecule has 0 saturated heterocycles. The second-order valence-electron chi connectivity index (χ2n) is 3.94. The number of aliphatic imine (C=N–C) groups is 1. The molecule has 0 aliphatic rings. The molecule has 20 heavy (non-hydrogen) atoms. The number of hydrogen-bond donors (Lipinski definition) is 1. The molecular weight excluding hydrogens is 260 g/mol. The van der Waals surface area contributed by atoms with Gasteiger partial charge in [0.25, 0.3) is 0 Å². The van der Waals surface area contributed by atoms with Crippen LogP contribution in [0.15, 0.2) is 47.5 Å². The Labute approximate surface area is 115 Å². The van der Waals surface area contributed by atoms with Crippen molar-refractivity contribution in [2.45, 2.75) is 0 Å². The van der Waals surface area contributed by atoms with E-state index in [0.29, 0.717) is 5.56 Å². The van der Waals surface area contributed by atoms with E-state index in [-0.39, 0.29) is 5.75 Å². The first-order valence-electron chi connectivity index (χ1n) is 5.76. The van der Waals surface area contributed by atoms with Crippen LogP contribution in [0.2, 0.25) is 0 Å². The van der Waals surface area contributed by atoms with E-state index in [1.807, 2.05) is 30.3 Å². The van der Waals surface area contributed by atoms with E-state index in [4.69, 9.17) is 4.74 Å². The number of nitro benzene ring substituents is 1. The van der Waals surface area contributed by atoms with Crippen LogP contribution in [0.4, 0.5) is 11.4 Å². The number of para-hydroxylation sites is 1. The van der Waals surface area contributed by atoms with Gasteiger partial charge in [0.05, 0.1) is 17.7 Å². The molecule has 0 fully saturated rings. The summed E-state index contributed by atoms with van der Waals surface area (Å²) in [6, 6.07) is 11.9. The number of ether oxygens (including phenoxy) is 1. The monoisotopic (exact) mass is 272 g/mol. The molecule has 0 heterocycles. The number of phenols is 1. The van der Waals surface area contributed by atoms with Gasteiger partial charge in [0.2, 0.25) is 5.75 Å². The van der Waals surface area contributed by atoms with E-state index in [1.54, 1.807) is 0 Å². The Hall–Kier alpha value is -2.89. The fraction of sp³-hybridized carbons (Fsp3) is 0.0714. The van der Waals surface area contributed by atoms with Crippen molar-refractivity contribution in [2.75, 3.05) is 7.11 Å². The Bertz CT molecular complexity index is 654. The third-order valence-electron chi connectivity index (χ3n) is 2.61. The zero-order chi connectivity index (χ0) is 14.5. The van der Waals surface area contributed by atoms with Crippen LogP contribution in [-0.4, -0.2) is 23.4 Å². The van der Waals surface area contributed by atoms with Crippen LogP contribution >= 0.6 is 0 Å². The van der Waals surface area contributed by atoms with Gasteiger partial charge in [-0.05, 0) is 18.2 Å². The number of phenolic OH excluding ortho intramolecular Hbond substituents is 1. The van der Waals surface area contributed by atoms with Gasteiger partial charge in [0.15, 0.2) is 5.75 Å². The van der Waals surface area contributed by atoms with Gasteiger partial charge >= 0.3 is 5.69 Å². The average Bonchev–Trinajstić information content (AvgIpc) is 2.47. The summed E-state index contributed by atoms with van der Waals surface area (Å²) in [5, 5.41) is 20.5. The van der Waals surface area contributed by atoms with E-state index in [0.717, 1.165) is 5.69 Å². The van der Waals surface area contributed by atoms with Gasteiger partial charge in [-0.3, -0.25) is 15.1 Å². The van der Waals surface area contributed by atoms with Crippen molar-refractivity contribution >= 4 is 17.6 Å². The average molecular weight is 272 g/mol. The number of rotatable bonds is 4. The van der Waals surface area contributed by atoms with E-state index in [1.165, 1.54) is 25.5 Å². The lowest BCUT2D eigenvalue weighted by atomic mass is 10.2. The van der Waals surface area contributed by atoms with Gasteiger partial charge in [0, 0.05) is 17.8 Å². The molecule has 0 aliphatic carbocycles. The summed E-state index contributed by atoms with van der Waals surface area (Å²) < 4.78 is 4.91. The molecule has 0 amide bonds. The standard InChI is InChI=1S/C14H12N2O4/c1-20-13-8-10(7-12(14(13)17)16(18)19)9-15-11-5-3-2-4-6-11/h2-9,17H,1H3. The van der Waals surface area contributed by atoms with Crippen molar-refractivity contribution in [3.8, 4) is 11.5 Å². The zero-order valence-electron chi connectivity index (χ0n) is 10.7. The molecule has 0 aromatic heterocycles. The lowest BCUT2D eigenvalue weighted by Crippen LogP contribution is -1.94. The molecule has 0 radical (unpaired) electrons. The van der Waals surface area contributed by atoms with E-state index in [9.17, 15) is 15.2 Å². The topological polar surface area (TPSA) is 85.0 Å². The van der Waals surface area contributed by atoms with Gasteiger partial charge in [-0.15, -0.1) is 0 Å². The first-order chi connectivity index (χ1) is 9.61. The van der Waals surface area contributed by atoms with Crippen LogP contribution < -0.4 is 4.74 Å². The van der Waals surface area contributed by atoms with Crippen LogP contribution in [-0.2, 0) is 0 Å². The number of nitrogens with zero attached hydrogens (tertiary/aromatic N) is 2. The molecule has 0 spiro atoms. The number of hydrogen-bond acceptors (Lipinski definition) is 5. The summed E-state index contributed by atoms with van der Waals surface area (Å²) in [6.07, 6.45) is 1.48. The summed E-state index contributed by atoms with van der Waals surface area (Å²) in [5.41, 5.74) is 0.774. The largest absolute Gasteiger partial charge is 0.500 e. The Kier molecular flexibility index (Phi) is 3.95. The smallest absolute Gasteiger partial charge is 0.315 e. The van der Waals surface area contributed by atoms with Crippen LogP contribution in [0.25, 0.3) is 0 Å². The third kappa shape index (κ3) is 2.92. The maximum absolute atomic E-state index is 10.9. The van der Waals surface area contributed by atoms with Crippen LogP contribution in [0, 0.1) is 10.1 Å². The Balaban J connectivity index is 2.40. The molecule has 6 nitrogen and oxygen atoms in total. The molecule has 1 N–H and O–H groups in total. The second kappa shape index (κ2) is 5.83. The Morgan fingerprint density at radius 2 is 2.00 bits per heavy atom. The van der Waals surface area contributed by atoms with Crippen molar-refractivity contribution in [2.24, 2.45) is 4.99 Å². The maximum Gasteiger partial charge on any atom is 0.315 e. The molecule has 0 unspecified atom stereocenters. The van der Waals surface area contributed by atoms with Crippen LogP contribution in [0.1, 0.15) is 5.56 Å². The summed E-state index contributed by atoms with van der Waals surface area (Å²) in [6.45, 7) is 0. The van der Waals surface area contributed by atoms with Gasteiger partial charge in [-0.25, -0.2) is 0 Å². The summed E-state index contributed by atoms with van der Waals surface area (Å²) in [4.78, 5) is 14.4. The normalized spacial score (nSPS) is 10.7. The van der Waals surface area contributed by atoms with Gasteiger partial charge in [-0.1, -0.05) is 18.2 Å². The number of aromatic hydroxyl groups is 1. The maximum atomic E-state index is 10.9. The highest BCUT2D eigenvalue weighted by atomic mass is 16.6. The van der Waals surface area contributed by atoms with Crippen molar-refractivity contribution in [1.29, 1.82) is 0 Å². The highest BCUT2D eigenvalue weighted by Gasteiger charge is 2.19. The number of benzene rings is 2. The molecule has 0 atom stereocenters. The number of methoxy groups -OCH3 is 1. The summed E-state index contributed by atoms with van der Waals surface area (Å²) in [7, 11) is 1.33. The quantitative estimate of drug-likeness (QED) is 0.526. The predicted molar refractivity (Wildman–Crippen MR) is 75.0 cm³/mol. The summed E-state index contributed by atoms with van der Waals surface area (Å²) in [5.74, 6) is -0.455. The zero-order valence-corrected chi connectivity index (χ0v) is 10.7. The highest BCUT2D eigenvalue weighted by Crippen LogP contribution is 2.36. The SMILES string of the molecule is COc1cc(C=Nc2ccccc2)cc([N+](=O)[O-])c1O. The lowest BCUT2D eigenvalue weighted by Gasteiger charge is -2.05. The van der Waals surface area contributed by atoms with Gasteiger partial charge < -0.3 is 9.84 Å². The lowest BCUT2D eigenvalue weighted by molar-refractivity contribution is -0.386. The minimum Gasteiger partial charge on any atom is -0.500 e. The number of nitro groups is 1. The fourth-order valence-electron chi connectivity index (χ4n) is 1.65. The van der Waals surface area contributed by atoms with Crippen molar-refractivity contribution in [3.63, 3.8) is 0 Å². The van der Waals surface area contributed by atoms with E-state index < -0.39 is 16.4 Å². The van der Waals surface area contributed by atoms with Gasteiger partial charge in [0.1, 0.15) is 0 Å². The molecule has 2 aromatic carbocycles. The Morgan fingerprint density at radius 3 is 2.60 bits per heavy atom. The van der Waals surface area contributed by atoms with Crippen LogP contribution in [0.3, 0.4) is 0 Å². The third-order valence-corrected chi connectivity index (χ3v) is 2.61. The molecular formula is C14H12N2O4. The summed E-state index contributed by atoms with van der Waals surface area (Å²) >= 11 is 0. The molecule has 102 valence electrons. The molecule has 0 bridgehead atoms. The minimum atomic E-state index is -0.669. The molecule has 2 rings (SSSR count). The highest BCUT2D eigenvalue weighted by molar-refractivity contribution is 5.85. The predicted octanol–water partition coefficient (Wildman–Crippen LogP) is 3.06. The van der Waals surface area contributed by atoms with Crippen molar-refractivity contribution in [1.82, 2.24) is 0 Å². The first-order valence-corrected chi connectivity index (χ1v) is 5.76. The van der Waals surface area contributed by atoms with Crippen molar-refractivity contribution < 1.29 is 14.8 Å². The fourth-order valence-corrected chi connectivity index (χ4v) is 1.65. The van der Waals surface area contributed by atoms with Crippen molar-refractivity contribution in [3.05, 3.63) is 58.1 Å². The molecule has 2 aromatic rings. The van der Waals surface area contributed by atoms with E-state index >= 15 is 0 Å². The second-order valence-corrected chi connectivity index (χ2v) is 3.94. The molecule has 0 aliphatic heterocycles. The van der Waals surface area contributed by atoms with E-state index in [2.05, 4.69) is 4.99 Å².